The van der Waals surface area contributed by atoms with Crippen molar-refractivity contribution in [1.29, 1.82) is 0 Å². The summed E-state index contributed by atoms with van der Waals surface area (Å²) in [5, 5.41) is 12.7. The number of hydrogen-bond donors (Lipinski definition) is 1. The molecule has 1 amide bonds. The maximum atomic E-state index is 12.2. The first-order valence-corrected chi connectivity index (χ1v) is 8.08. The molecule has 1 heterocycles. The Hall–Kier alpha value is -1.75. The molecular weight excluding hydrogens is 282 g/mol. The van der Waals surface area contributed by atoms with E-state index in [1.165, 1.54) is 16.9 Å². The molecule has 0 fully saturated rings. The van der Waals surface area contributed by atoms with E-state index in [1.54, 1.807) is 0 Å². The number of benzene rings is 1. The van der Waals surface area contributed by atoms with E-state index in [0.29, 0.717) is 16.6 Å². The van der Waals surface area contributed by atoms with Crippen LogP contribution >= 0.6 is 11.3 Å². The van der Waals surface area contributed by atoms with Crippen molar-refractivity contribution < 1.29 is 4.79 Å². The Bertz CT molecular complexity index is 632. The van der Waals surface area contributed by atoms with Crippen LogP contribution < -0.4 is 5.32 Å². The van der Waals surface area contributed by atoms with Crippen molar-refractivity contribution >= 4 is 22.4 Å². The Labute approximate surface area is 129 Å². The van der Waals surface area contributed by atoms with Crippen LogP contribution in [0.25, 0.3) is 0 Å². The summed E-state index contributed by atoms with van der Waals surface area (Å²) in [4.78, 5) is 12.2. The Morgan fingerprint density at radius 2 is 1.90 bits per heavy atom. The molecule has 1 aromatic carbocycles. The number of nitrogens with zero attached hydrogens (tertiary/aromatic N) is 2. The first-order valence-electron chi connectivity index (χ1n) is 7.27. The van der Waals surface area contributed by atoms with E-state index >= 15 is 0 Å². The summed E-state index contributed by atoms with van der Waals surface area (Å²) in [6.07, 6.45) is 2.08. The zero-order valence-corrected chi connectivity index (χ0v) is 13.8. The first kappa shape index (κ1) is 15.6. The van der Waals surface area contributed by atoms with Crippen molar-refractivity contribution in [2.24, 2.45) is 0 Å². The number of amides is 1. The highest BCUT2D eigenvalue weighted by atomic mass is 32.1. The van der Waals surface area contributed by atoms with Gasteiger partial charge in [-0.15, -0.1) is 10.2 Å². The molecule has 1 aromatic heterocycles. The lowest BCUT2D eigenvalue weighted by atomic mass is 10.1. The van der Waals surface area contributed by atoms with Crippen LogP contribution in [0.2, 0.25) is 0 Å². The number of aryl methyl sites for hydroxylation is 2. The molecule has 0 spiro atoms. The quantitative estimate of drug-likeness (QED) is 0.895. The SMILES string of the molecule is CCC(CC)c1nnc(NC(=O)c2ccc(C)c(C)c2)s1. The van der Waals surface area contributed by atoms with Crippen LogP contribution in [0.1, 0.15) is 59.1 Å². The number of aromatic nitrogens is 2. The molecular formula is C16H21N3OS. The summed E-state index contributed by atoms with van der Waals surface area (Å²) in [6, 6.07) is 5.69. The molecule has 21 heavy (non-hydrogen) atoms. The highest BCUT2D eigenvalue weighted by Gasteiger charge is 2.15. The van der Waals surface area contributed by atoms with Crippen LogP contribution in [-0.2, 0) is 0 Å². The van der Waals surface area contributed by atoms with Gasteiger partial charge in [-0.1, -0.05) is 31.3 Å². The van der Waals surface area contributed by atoms with Gasteiger partial charge in [0.05, 0.1) is 0 Å². The second-order valence-electron chi connectivity index (χ2n) is 5.21. The number of carbonyl (C=O) groups is 1. The molecule has 2 aromatic rings. The van der Waals surface area contributed by atoms with E-state index in [0.717, 1.165) is 23.4 Å². The van der Waals surface area contributed by atoms with Gasteiger partial charge in [0, 0.05) is 11.5 Å². The van der Waals surface area contributed by atoms with Crippen LogP contribution in [0.4, 0.5) is 5.13 Å². The molecule has 1 N–H and O–H groups in total. The van der Waals surface area contributed by atoms with Crippen molar-refractivity contribution in [3.8, 4) is 0 Å². The molecule has 112 valence electrons. The third-order valence-corrected chi connectivity index (χ3v) is 4.77. The minimum absolute atomic E-state index is 0.134. The van der Waals surface area contributed by atoms with Crippen LogP contribution in [0.15, 0.2) is 18.2 Å². The minimum atomic E-state index is -0.134. The predicted molar refractivity (Wildman–Crippen MR) is 87.1 cm³/mol. The largest absolute Gasteiger partial charge is 0.296 e. The fourth-order valence-electron chi connectivity index (χ4n) is 2.14. The van der Waals surface area contributed by atoms with Crippen LogP contribution in [0.3, 0.4) is 0 Å². The fraction of sp³-hybridized carbons (Fsp3) is 0.438. The molecule has 0 radical (unpaired) electrons. The lowest BCUT2D eigenvalue weighted by Crippen LogP contribution is -2.12. The summed E-state index contributed by atoms with van der Waals surface area (Å²) < 4.78 is 0. The topological polar surface area (TPSA) is 54.9 Å². The molecule has 0 aliphatic rings. The number of hydrogen-bond acceptors (Lipinski definition) is 4. The molecule has 0 aliphatic carbocycles. The molecule has 0 saturated heterocycles. The smallest absolute Gasteiger partial charge is 0.257 e. The number of nitrogens with one attached hydrogen (secondary N) is 1. The van der Waals surface area contributed by atoms with Crippen molar-refractivity contribution in [1.82, 2.24) is 10.2 Å². The zero-order valence-electron chi connectivity index (χ0n) is 12.9. The number of rotatable bonds is 5. The van der Waals surface area contributed by atoms with Gasteiger partial charge >= 0.3 is 0 Å². The van der Waals surface area contributed by atoms with E-state index in [9.17, 15) is 4.79 Å². The molecule has 2 rings (SSSR count). The van der Waals surface area contributed by atoms with Gasteiger partial charge in [-0.05, 0) is 49.9 Å². The second-order valence-corrected chi connectivity index (χ2v) is 6.22. The van der Waals surface area contributed by atoms with Crippen LogP contribution in [-0.4, -0.2) is 16.1 Å². The molecule has 4 nitrogen and oxygen atoms in total. The highest BCUT2D eigenvalue weighted by molar-refractivity contribution is 7.15. The Morgan fingerprint density at radius 3 is 2.52 bits per heavy atom. The average molecular weight is 303 g/mol. The Morgan fingerprint density at radius 1 is 1.19 bits per heavy atom. The lowest BCUT2D eigenvalue weighted by molar-refractivity contribution is 0.102. The summed E-state index contributed by atoms with van der Waals surface area (Å²) in [7, 11) is 0. The predicted octanol–water partition coefficient (Wildman–Crippen LogP) is 4.31. The molecule has 0 saturated carbocycles. The summed E-state index contributed by atoms with van der Waals surface area (Å²) in [5.74, 6) is 0.292. The average Bonchev–Trinajstić information content (AvgIpc) is 2.91. The third-order valence-electron chi connectivity index (χ3n) is 3.77. The maximum absolute atomic E-state index is 12.2. The summed E-state index contributed by atoms with van der Waals surface area (Å²) in [5.41, 5.74) is 2.94. The van der Waals surface area contributed by atoms with Gasteiger partial charge in [0.1, 0.15) is 5.01 Å². The molecule has 0 atom stereocenters. The molecule has 0 bridgehead atoms. The molecule has 0 unspecified atom stereocenters. The van der Waals surface area contributed by atoms with E-state index in [2.05, 4.69) is 29.4 Å². The first-order chi connectivity index (χ1) is 10.0. The highest BCUT2D eigenvalue weighted by Crippen LogP contribution is 2.28. The van der Waals surface area contributed by atoms with Crippen molar-refractivity contribution in [2.45, 2.75) is 46.5 Å². The number of carbonyl (C=O) groups excluding carboxylic acids is 1. The van der Waals surface area contributed by atoms with Gasteiger partial charge in [-0.2, -0.15) is 0 Å². The lowest BCUT2D eigenvalue weighted by Gasteiger charge is -2.06. The van der Waals surface area contributed by atoms with Gasteiger partial charge in [-0.3, -0.25) is 10.1 Å². The van der Waals surface area contributed by atoms with E-state index in [-0.39, 0.29) is 5.91 Å². The monoisotopic (exact) mass is 303 g/mol. The van der Waals surface area contributed by atoms with Gasteiger partial charge < -0.3 is 0 Å². The summed E-state index contributed by atoms with van der Waals surface area (Å²) in [6.45, 7) is 8.32. The van der Waals surface area contributed by atoms with Crippen LogP contribution in [0, 0.1) is 13.8 Å². The fourth-order valence-corrected chi connectivity index (χ4v) is 3.15. The third kappa shape index (κ3) is 3.67. The normalized spacial score (nSPS) is 10.9. The second kappa shape index (κ2) is 6.80. The van der Waals surface area contributed by atoms with E-state index in [1.807, 2.05) is 32.0 Å². The van der Waals surface area contributed by atoms with Crippen molar-refractivity contribution in [3.05, 3.63) is 39.9 Å². The number of anilines is 1. The molecule has 5 heteroatoms. The van der Waals surface area contributed by atoms with Crippen molar-refractivity contribution in [2.75, 3.05) is 5.32 Å². The minimum Gasteiger partial charge on any atom is -0.296 e. The Balaban J connectivity index is 2.11. The Kier molecular flexibility index (Phi) is 5.07. The zero-order chi connectivity index (χ0) is 15.4. The van der Waals surface area contributed by atoms with Gasteiger partial charge in [0.25, 0.3) is 5.91 Å². The van der Waals surface area contributed by atoms with Crippen LogP contribution in [0.5, 0.6) is 0 Å². The molecule has 0 aliphatic heterocycles. The summed E-state index contributed by atoms with van der Waals surface area (Å²) >= 11 is 1.47. The maximum Gasteiger partial charge on any atom is 0.257 e. The van der Waals surface area contributed by atoms with E-state index in [4.69, 9.17) is 0 Å². The van der Waals surface area contributed by atoms with Crippen molar-refractivity contribution in [3.63, 3.8) is 0 Å². The van der Waals surface area contributed by atoms with Gasteiger partial charge in [0.2, 0.25) is 5.13 Å². The van der Waals surface area contributed by atoms with E-state index < -0.39 is 0 Å². The standard InChI is InChI=1S/C16H21N3OS/c1-5-12(6-2)15-18-19-16(21-15)17-14(20)13-8-7-10(3)11(4)9-13/h7-9,12H,5-6H2,1-4H3,(H,17,19,20). The van der Waals surface area contributed by atoms with Gasteiger partial charge in [-0.25, -0.2) is 0 Å². The van der Waals surface area contributed by atoms with Gasteiger partial charge in [0.15, 0.2) is 0 Å².